The molecule has 0 aromatic carbocycles. The van der Waals surface area contributed by atoms with E-state index in [2.05, 4.69) is 26.1 Å². The van der Waals surface area contributed by atoms with Crippen molar-refractivity contribution >= 4 is 0 Å². The van der Waals surface area contributed by atoms with Crippen LogP contribution in [0.2, 0.25) is 0 Å². The summed E-state index contributed by atoms with van der Waals surface area (Å²) >= 11 is 0. The van der Waals surface area contributed by atoms with Gasteiger partial charge in [-0.1, -0.05) is 19.3 Å². The Hall–Kier alpha value is -0.0800. The molecule has 1 unspecified atom stereocenters. The van der Waals surface area contributed by atoms with Gasteiger partial charge in [-0.2, -0.15) is 0 Å². The Balaban J connectivity index is 2.04. The number of nitrogens with one attached hydrogen (secondary N) is 1. The monoisotopic (exact) mass is 213 g/mol. The summed E-state index contributed by atoms with van der Waals surface area (Å²) in [5, 5.41) is 3.59. The molecular formula is C13H27NO. The molecule has 1 rings (SSSR count). The van der Waals surface area contributed by atoms with E-state index in [9.17, 15) is 0 Å². The second-order valence-corrected chi connectivity index (χ2v) is 5.61. The normalized spacial score (nSPS) is 20.0. The first-order valence-electron chi connectivity index (χ1n) is 6.32. The van der Waals surface area contributed by atoms with E-state index in [-0.39, 0.29) is 5.60 Å². The van der Waals surface area contributed by atoms with E-state index >= 15 is 0 Å². The largest absolute Gasteiger partial charge is 0.379 e. The highest BCUT2D eigenvalue weighted by molar-refractivity contribution is 4.76. The third-order valence-electron chi connectivity index (χ3n) is 3.62. The van der Waals surface area contributed by atoms with Crippen LogP contribution in [-0.4, -0.2) is 25.3 Å². The van der Waals surface area contributed by atoms with Crippen LogP contribution in [0, 0.1) is 5.92 Å². The SMILES string of the molecule is COC(C)(C)CC(C)NCCC1CCC1. The Morgan fingerprint density at radius 3 is 2.53 bits per heavy atom. The average molecular weight is 213 g/mol. The van der Waals surface area contributed by atoms with E-state index in [1.807, 2.05) is 0 Å². The molecule has 1 aliphatic carbocycles. The number of rotatable bonds is 7. The molecule has 0 spiro atoms. The molecule has 0 heterocycles. The van der Waals surface area contributed by atoms with Crippen LogP contribution in [0.25, 0.3) is 0 Å². The van der Waals surface area contributed by atoms with Gasteiger partial charge in [-0.3, -0.25) is 0 Å². The topological polar surface area (TPSA) is 21.3 Å². The molecule has 0 saturated heterocycles. The molecule has 1 saturated carbocycles. The number of methoxy groups -OCH3 is 1. The molecule has 0 aliphatic heterocycles. The van der Waals surface area contributed by atoms with E-state index in [1.54, 1.807) is 7.11 Å². The number of ether oxygens (including phenoxy) is 1. The van der Waals surface area contributed by atoms with Gasteiger partial charge in [-0.05, 0) is 46.1 Å². The average Bonchev–Trinajstić information content (AvgIpc) is 2.09. The highest BCUT2D eigenvalue weighted by atomic mass is 16.5. The fraction of sp³-hybridized carbons (Fsp3) is 1.00. The van der Waals surface area contributed by atoms with Crippen LogP contribution in [-0.2, 0) is 4.74 Å². The molecule has 0 amide bonds. The Bertz CT molecular complexity index is 175. The molecule has 15 heavy (non-hydrogen) atoms. The third kappa shape index (κ3) is 4.98. The highest BCUT2D eigenvalue weighted by Crippen LogP contribution is 2.28. The summed E-state index contributed by atoms with van der Waals surface area (Å²) in [5.41, 5.74) is 0.00286. The molecule has 2 nitrogen and oxygen atoms in total. The van der Waals surface area contributed by atoms with Gasteiger partial charge in [0.15, 0.2) is 0 Å². The Morgan fingerprint density at radius 2 is 2.07 bits per heavy atom. The smallest absolute Gasteiger partial charge is 0.0637 e. The van der Waals surface area contributed by atoms with Gasteiger partial charge in [0.1, 0.15) is 0 Å². The zero-order valence-electron chi connectivity index (χ0n) is 10.8. The quantitative estimate of drug-likeness (QED) is 0.702. The van der Waals surface area contributed by atoms with Crippen molar-refractivity contribution in [2.75, 3.05) is 13.7 Å². The Kier molecular flexibility index (Phi) is 5.07. The zero-order chi connectivity index (χ0) is 11.3. The summed E-state index contributed by atoms with van der Waals surface area (Å²) in [6, 6.07) is 0.556. The van der Waals surface area contributed by atoms with Crippen molar-refractivity contribution in [1.82, 2.24) is 5.32 Å². The van der Waals surface area contributed by atoms with Crippen molar-refractivity contribution in [2.45, 2.75) is 64.5 Å². The van der Waals surface area contributed by atoms with Gasteiger partial charge < -0.3 is 10.1 Å². The van der Waals surface area contributed by atoms with Gasteiger partial charge in [0.2, 0.25) is 0 Å². The lowest BCUT2D eigenvalue weighted by atomic mass is 9.83. The number of hydrogen-bond acceptors (Lipinski definition) is 2. The lowest BCUT2D eigenvalue weighted by Crippen LogP contribution is -2.36. The molecule has 1 atom stereocenters. The lowest BCUT2D eigenvalue weighted by Gasteiger charge is -2.29. The molecular weight excluding hydrogens is 186 g/mol. The third-order valence-corrected chi connectivity index (χ3v) is 3.62. The van der Waals surface area contributed by atoms with Crippen molar-refractivity contribution in [3.63, 3.8) is 0 Å². The van der Waals surface area contributed by atoms with Crippen molar-refractivity contribution in [3.8, 4) is 0 Å². The second-order valence-electron chi connectivity index (χ2n) is 5.61. The molecule has 0 aromatic heterocycles. The van der Waals surface area contributed by atoms with Crippen molar-refractivity contribution in [3.05, 3.63) is 0 Å². The molecule has 90 valence electrons. The van der Waals surface area contributed by atoms with Gasteiger partial charge in [-0.15, -0.1) is 0 Å². The summed E-state index contributed by atoms with van der Waals surface area (Å²) in [6.45, 7) is 7.72. The fourth-order valence-corrected chi connectivity index (χ4v) is 2.21. The standard InChI is InChI=1S/C13H27NO/c1-11(10-13(2,3)15-4)14-9-8-12-6-5-7-12/h11-12,14H,5-10H2,1-4H3. The number of hydrogen-bond donors (Lipinski definition) is 1. The maximum Gasteiger partial charge on any atom is 0.0637 e. The van der Waals surface area contributed by atoms with Crippen molar-refractivity contribution in [2.24, 2.45) is 5.92 Å². The van der Waals surface area contributed by atoms with Crippen LogP contribution >= 0.6 is 0 Å². The van der Waals surface area contributed by atoms with E-state index in [0.29, 0.717) is 6.04 Å². The van der Waals surface area contributed by atoms with E-state index < -0.39 is 0 Å². The van der Waals surface area contributed by atoms with Crippen LogP contribution < -0.4 is 5.32 Å². The first-order valence-corrected chi connectivity index (χ1v) is 6.32. The molecule has 0 bridgehead atoms. The maximum atomic E-state index is 5.43. The minimum Gasteiger partial charge on any atom is -0.379 e. The summed E-state index contributed by atoms with van der Waals surface area (Å²) in [4.78, 5) is 0. The molecule has 0 aromatic rings. The molecule has 2 heteroatoms. The first-order chi connectivity index (χ1) is 7.03. The van der Waals surface area contributed by atoms with E-state index in [1.165, 1.54) is 32.2 Å². The van der Waals surface area contributed by atoms with Crippen molar-refractivity contribution in [1.29, 1.82) is 0 Å². The van der Waals surface area contributed by atoms with Crippen LogP contribution in [0.1, 0.15) is 52.9 Å². The van der Waals surface area contributed by atoms with E-state index in [4.69, 9.17) is 4.74 Å². The molecule has 1 aliphatic rings. The lowest BCUT2D eigenvalue weighted by molar-refractivity contribution is 0.00846. The fourth-order valence-electron chi connectivity index (χ4n) is 2.21. The summed E-state index contributed by atoms with van der Waals surface area (Å²) in [6.07, 6.45) is 6.81. The zero-order valence-corrected chi connectivity index (χ0v) is 10.8. The predicted octanol–water partition coefficient (Wildman–Crippen LogP) is 2.97. The van der Waals surface area contributed by atoms with Crippen molar-refractivity contribution < 1.29 is 4.74 Å². The van der Waals surface area contributed by atoms with Crippen LogP contribution in [0.5, 0.6) is 0 Å². The second kappa shape index (κ2) is 5.86. The summed E-state index contributed by atoms with van der Waals surface area (Å²) in [7, 11) is 1.79. The predicted molar refractivity (Wildman–Crippen MR) is 65.1 cm³/mol. The maximum absolute atomic E-state index is 5.43. The van der Waals surface area contributed by atoms with Gasteiger partial charge >= 0.3 is 0 Å². The molecule has 0 radical (unpaired) electrons. The molecule has 1 N–H and O–H groups in total. The Morgan fingerprint density at radius 1 is 1.40 bits per heavy atom. The Labute approximate surface area is 94.8 Å². The highest BCUT2D eigenvalue weighted by Gasteiger charge is 2.21. The van der Waals surface area contributed by atoms with Crippen LogP contribution in [0.4, 0.5) is 0 Å². The van der Waals surface area contributed by atoms with E-state index in [0.717, 1.165) is 12.3 Å². The summed E-state index contributed by atoms with van der Waals surface area (Å²) < 4.78 is 5.43. The summed E-state index contributed by atoms with van der Waals surface area (Å²) in [5.74, 6) is 1.01. The van der Waals surface area contributed by atoms with Gasteiger partial charge in [-0.25, -0.2) is 0 Å². The van der Waals surface area contributed by atoms with Crippen LogP contribution in [0.3, 0.4) is 0 Å². The van der Waals surface area contributed by atoms with Gasteiger partial charge in [0.25, 0.3) is 0 Å². The van der Waals surface area contributed by atoms with Gasteiger partial charge in [0, 0.05) is 13.2 Å². The minimum atomic E-state index is 0.00286. The first kappa shape index (κ1) is 13.0. The van der Waals surface area contributed by atoms with Gasteiger partial charge in [0.05, 0.1) is 5.60 Å². The van der Waals surface area contributed by atoms with Crippen LogP contribution in [0.15, 0.2) is 0 Å². The molecule has 1 fully saturated rings. The minimum absolute atomic E-state index is 0.00286.